The second-order valence-electron chi connectivity index (χ2n) is 6.88. The first-order valence-corrected chi connectivity index (χ1v) is 8.98. The molecule has 0 bridgehead atoms. The lowest BCUT2D eigenvalue weighted by Crippen LogP contribution is -2.29. The molecule has 24 heavy (non-hydrogen) atoms. The van der Waals surface area contributed by atoms with Crippen LogP contribution in [0.15, 0.2) is 24.4 Å². The first kappa shape index (κ1) is 17.1. The van der Waals surface area contributed by atoms with E-state index in [-0.39, 0.29) is 6.10 Å². The third-order valence-electron chi connectivity index (χ3n) is 4.93. The Balaban J connectivity index is 1.59. The highest BCUT2D eigenvalue weighted by Crippen LogP contribution is 2.25. The van der Waals surface area contributed by atoms with Gasteiger partial charge in [-0.3, -0.25) is 0 Å². The molecule has 2 atom stereocenters. The Morgan fingerprint density at radius 1 is 1.42 bits per heavy atom. The van der Waals surface area contributed by atoms with Crippen LogP contribution in [0.5, 0.6) is 0 Å². The molecule has 0 radical (unpaired) electrons. The van der Waals surface area contributed by atoms with Crippen LogP contribution in [0, 0.1) is 6.92 Å². The maximum absolute atomic E-state index is 9.69. The molecule has 0 aliphatic carbocycles. The highest BCUT2D eigenvalue weighted by molar-refractivity contribution is 5.68. The summed E-state index contributed by atoms with van der Waals surface area (Å²) in [4.78, 5) is 2.22. The van der Waals surface area contributed by atoms with Crippen molar-refractivity contribution in [1.29, 1.82) is 0 Å². The van der Waals surface area contributed by atoms with E-state index in [2.05, 4.69) is 35.3 Å². The SMILES string of the molecule is Cc1cc(N2CCC(O)C2)ccc1/C(N)=C/NCC1CCCCO1. The van der Waals surface area contributed by atoms with Gasteiger partial charge in [0.05, 0.1) is 17.9 Å². The summed E-state index contributed by atoms with van der Waals surface area (Å²) in [6.45, 7) is 5.39. The number of rotatable bonds is 5. The molecule has 5 nitrogen and oxygen atoms in total. The molecule has 2 aliphatic heterocycles. The van der Waals surface area contributed by atoms with E-state index < -0.39 is 0 Å². The molecule has 2 unspecified atom stereocenters. The zero-order valence-electron chi connectivity index (χ0n) is 14.5. The van der Waals surface area contributed by atoms with Gasteiger partial charge in [-0.1, -0.05) is 6.07 Å². The molecule has 4 N–H and O–H groups in total. The number of β-amino-alcohol motifs (C(OH)–C–C–N with tert-alkyl or cyclic N) is 1. The van der Waals surface area contributed by atoms with Gasteiger partial charge >= 0.3 is 0 Å². The van der Waals surface area contributed by atoms with E-state index in [0.29, 0.717) is 12.6 Å². The van der Waals surface area contributed by atoms with Crippen molar-refractivity contribution < 1.29 is 9.84 Å². The van der Waals surface area contributed by atoms with E-state index in [1.807, 2.05) is 6.20 Å². The molecule has 1 aromatic rings. The van der Waals surface area contributed by atoms with Gasteiger partial charge in [-0.2, -0.15) is 0 Å². The Labute approximate surface area is 144 Å². The summed E-state index contributed by atoms with van der Waals surface area (Å²) < 4.78 is 5.71. The molecule has 2 heterocycles. The summed E-state index contributed by atoms with van der Waals surface area (Å²) in [5.74, 6) is 0. The average molecular weight is 331 g/mol. The maximum atomic E-state index is 9.69. The lowest BCUT2D eigenvalue weighted by molar-refractivity contribution is 0.0188. The summed E-state index contributed by atoms with van der Waals surface area (Å²) >= 11 is 0. The molecular formula is C19H29N3O2. The van der Waals surface area contributed by atoms with Crippen LogP contribution in [0.25, 0.3) is 5.70 Å². The maximum Gasteiger partial charge on any atom is 0.0747 e. The molecule has 0 aromatic heterocycles. The zero-order chi connectivity index (χ0) is 16.9. The number of benzene rings is 1. The fraction of sp³-hybridized carbons (Fsp3) is 0.579. The topological polar surface area (TPSA) is 70.8 Å². The van der Waals surface area contributed by atoms with Gasteiger partial charge in [0.25, 0.3) is 0 Å². The number of hydrogen-bond acceptors (Lipinski definition) is 5. The van der Waals surface area contributed by atoms with Crippen molar-refractivity contribution in [1.82, 2.24) is 5.32 Å². The van der Waals surface area contributed by atoms with Crippen molar-refractivity contribution in [3.63, 3.8) is 0 Å². The van der Waals surface area contributed by atoms with Crippen LogP contribution in [0.1, 0.15) is 36.8 Å². The lowest BCUT2D eigenvalue weighted by atomic mass is 10.0. The van der Waals surface area contributed by atoms with Gasteiger partial charge in [-0.15, -0.1) is 0 Å². The highest BCUT2D eigenvalue weighted by Gasteiger charge is 2.20. The number of anilines is 1. The van der Waals surface area contributed by atoms with E-state index in [1.54, 1.807) is 0 Å². The van der Waals surface area contributed by atoms with Crippen molar-refractivity contribution in [2.75, 3.05) is 31.1 Å². The van der Waals surface area contributed by atoms with Gasteiger partial charge in [-0.05, 0) is 50.3 Å². The first-order valence-electron chi connectivity index (χ1n) is 8.98. The molecule has 2 fully saturated rings. The van der Waals surface area contributed by atoms with E-state index in [0.717, 1.165) is 55.0 Å². The van der Waals surface area contributed by atoms with Crippen LogP contribution < -0.4 is 16.0 Å². The second kappa shape index (κ2) is 7.90. The Kier molecular flexibility index (Phi) is 5.63. The number of nitrogens with one attached hydrogen (secondary N) is 1. The Morgan fingerprint density at radius 2 is 2.29 bits per heavy atom. The summed E-state index contributed by atoms with van der Waals surface area (Å²) in [5, 5.41) is 13.0. The number of hydrogen-bond donors (Lipinski definition) is 3. The number of aliphatic hydroxyl groups is 1. The molecule has 2 aliphatic rings. The van der Waals surface area contributed by atoms with Crippen LogP contribution in [0.3, 0.4) is 0 Å². The normalized spacial score (nSPS) is 25.1. The predicted molar refractivity (Wildman–Crippen MR) is 97.8 cm³/mol. The molecule has 132 valence electrons. The van der Waals surface area contributed by atoms with Gasteiger partial charge in [0.15, 0.2) is 0 Å². The highest BCUT2D eigenvalue weighted by atomic mass is 16.5. The third-order valence-corrected chi connectivity index (χ3v) is 4.93. The molecule has 0 amide bonds. The van der Waals surface area contributed by atoms with Gasteiger partial charge in [0, 0.05) is 43.7 Å². The quantitative estimate of drug-likeness (QED) is 0.770. The Bertz CT molecular complexity index is 582. The summed E-state index contributed by atoms with van der Waals surface area (Å²) in [7, 11) is 0. The van der Waals surface area contributed by atoms with Gasteiger partial charge in [0.2, 0.25) is 0 Å². The van der Waals surface area contributed by atoms with Crippen molar-refractivity contribution in [3.8, 4) is 0 Å². The molecule has 2 saturated heterocycles. The van der Waals surface area contributed by atoms with Crippen LogP contribution in [0.2, 0.25) is 0 Å². The molecular weight excluding hydrogens is 302 g/mol. The van der Waals surface area contributed by atoms with Gasteiger partial charge < -0.3 is 25.8 Å². The van der Waals surface area contributed by atoms with Crippen LogP contribution >= 0.6 is 0 Å². The van der Waals surface area contributed by atoms with Crippen molar-refractivity contribution in [3.05, 3.63) is 35.5 Å². The average Bonchev–Trinajstić information content (AvgIpc) is 3.02. The fourth-order valence-electron chi connectivity index (χ4n) is 3.49. The van der Waals surface area contributed by atoms with E-state index in [4.69, 9.17) is 10.5 Å². The van der Waals surface area contributed by atoms with E-state index in [1.165, 1.54) is 12.8 Å². The summed E-state index contributed by atoms with van der Waals surface area (Å²) in [6, 6.07) is 6.31. The number of ether oxygens (including phenoxy) is 1. The smallest absolute Gasteiger partial charge is 0.0747 e. The minimum atomic E-state index is -0.207. The number of nitrogens with zero attached hydrogens (tertiary/aromatic N) is 1. The van der Waals surface area contributed by atoms with Gasteiger partial charge in [0.1, 0.15) is 0 Å². The van der Waals surface area contributed by atoms with Crippen molar-refractivity contribution in [2.45, 2.75) is 44.8 Å². The van der Waals surface area contributed by atoms with Crippen LogP contribution in [-0.2, 0) is 4.74 Å². The van der Waals surface area contributed by atoms with E-state index in [9.17, 15) is 5.11 Å². The van der Waals surface area contributed by atoms with Gasteiger partial charge in [-0.25, -0.2) is 0 Å². The monoisotopic (exact) mass is 331 g/mol. The summed E-state index contributed by atoms with van der Waals surface area (Å²) in [6.07, 6.45) is 6.37. The molecule has 5 heteroatoms. The third kappa shape index (κ3) is 4.22. The zero-order valence-corrected chi connectivity index (χ0v) is 14.5. The van der Waals surface area contributed by atoms with Crippen LogP contribution in [-0.4, -0.2) is 43.6 Å². The number of nitrogens with two attached hydrogens (primary N) is 1. The van der Waals surface area contributed by atoms with Crippen molar-refractivity contribution in [2.24, 2.45) is 5.73 Å². The fourth-order valence-corrected chi connectivity index (χ4v) is 3.49. The van der Waals surface area contributed by atoms with Crippen molar-refractivity contribution >= 4 is 11.4 Å². The minimum Gasteiger partial charge on any atom is -0.397 e. The standard InChI is InChI=1S/C19H29N3O2/c1-14-10-15(22-8-7-16(23)13-22)5-6-18(14)19(20)12-21-11-17-4-2-3-9-24-17/h5-6,10,12,16-17,21,23H,2-4,7-9,11,13,20H2,1H3/b19-12-. The Morgan fingerprint density at radius 3 is 2.96 bits per heavy atom. The lowest BCUT2D eigenvalue weighted by Gasteiger charge is -2.22. The largest absolute Gasteiger partial charge is 0.397 e. The van der Waals surface area contributed by atoms with Crippen LogP contribution in [0.4, 0.5) is 5.69 Å². The molecule has 1 aromatic carbocycles. The molecule has 0 spiro atoms. The second-order valence-corrected chi connectivity index (χ2v) is 6.88. The molecule has 3 rings (SSSR count). The predicted octanol–water partition coefficient (Wildman–Crippen LogP) is 1.98. The number of aliphatic hydroxyl groups excluding tert-OH is 1. The number of aryl methyl sites for hydroxylation is 1. The minimum absolute atomic E-state index is 0.207. The molecule has 0 saturated carbocycles. The summed E-state index contributed by atoms with van der Waals surface area (Å²) in [5.41, 5.74) is 10.3. The van der Waals surface area contributed by atoms with E-state index >= 15 is 0 Å². The first-order chi connectivity index (χ1) is 11.6. The Hall–Kier alpha value is -1.72.